The van der Waals surface area contributed by atoms with Gasteiger partial charge < -0.3 is 9.73 Å². The van der Waals surface area contributed by atoms with E-state index in [0.29, 0.717) is 18.5 Å². The summed E-state index contributed by atoms with van der Waals surface area (Å²) in [5.41, 5.74) is 0.954. The third kappa shape index (κ3) is 3.03. The first kappa shape index (κ1) is 11.6. The molecule has 1 heterocycles. The van der Waals surface area contributed by atoms with Crippen LogP contribution in [0, 0.1) is 5.82 Å². The summed E-state index contributed by atoms with van der Waals surface area (Å²) in [4.78, 5) is 0. The molecule has 0 saturated heterocycles. The minimum atomic E-state index is -0.242. The quantitative estimate of drug-likeness (QED) is 0.885. The Morgan fingerprint density at radius 2 is 1.94 bits per heavy atom. The van der Waals surface area contributed by atoms with E-state index < -0.39 is 0 Å². The van der Waals surface area contributed by atoms with Crippen molar-refractivity contribution in [2.24, 2.45) is 0 Å². The molecule has 17 heavy (non-hydrogen) atoms. The lowest BCUT2D eigenvalue weighted by Crippen LogP contribution is -1.99. The maximum absolute atomic E-state index is 12.7. The van der Waals surface area contributed by atoms with Gasteiger partial charge in [-0.15, -0.1) is 5.10 Å². The number of nitrogens with one attached hydrogen (secondary N) is 1. The van der Waals surface area contributed by atoms with Gasteiger partial charge in [-0.1, -0.05) is 31.1 Å². The lowest BCUT2D eigenvalue weighted by Gasteiger charge is -2.01. The third-order valence-electron chi connectivity index (χ3n) is 2.29. The van der Waals surface area contributed by atoms with Gasteiger partial charge in [-0.05, 0) is 17.7 Å². The molecule has 2 rings (SSSR count). The summed E-state index contributed by atoms with van der Waals surface area (Å²) in [5.74, 6) is 0.573. The molecule has 0 spiro atoms. The van der Waals surface area contributed by atoms with Crippen molar-refractivity contribution in [3.8, 4) is 0 Å². The number of rotatable bonds is 4. The first-order valence-corrected chi connectivity index (χ1v) is 5.47. The van der Waals surface area contributed by atoms with E-state index in [1.54, 1.807) is 12.1 Å². The molecule has 1 N–H and O–H groups in total. The van der Waals surface area contributed by atoms with E-state index >= 15 is 0 Å². The van der Waals surface area contributed by atoms with Crippen LogP contribution >= 0.6 is 0 Å². The Labute approximate surface area is 98.9 Å². The summed E-state index contributed by atoms with van der Waals surface area (Å²) in [7, 11) is 0. The van der Waals surface area contributed by atoms with Gasteiger partial charge in [-0.3, -0.25) is 0 Å². The predicted octanol–water partition coefficient (Wildman–Crippen LogP) is 2.94. The Morgan fingerprint density at radius 3 is 2.53 bits per heavy atom. The zero-order chi connectivity index (χ0) is 12.3. The van der Waals surface area contributed by atoms with Crippen molar-refractivity contribution in [2.75, 3.05) is 5.32 Å². The van der Waals surface area contributed by atoms with Gasteiger partial charge in [-0.25, -0.2) is 4.39 Å². The number of hydrogen-bond acceptors (Lipinski definition) is 4. The summed E-state index contributed by atoms with van der Waals surface area (Å²) in [5, 5.41) is 10.8. The molecule has 0 amide bonds. The first-order chi connectivity index (χ1) is 8.15. The highest BCUT2D eigenvalue weighted by Gasteiger charge is 2.08. The standard InChI is InChI=1S/C12H14FN3O/c1-8(2)11-15-16-12(17-11)14-7-9-3-5-10(13)6-4-9/h3-6,8H,7H2,1-2H3,(H,14,16). The third-order valence-corrected chi connectivity index (χ3v) is 2.29. The highest BCUT2D eigenvalue weighted by molar-refractivity contribution is 5.24. The molecule has 2 aromatic rings. The van der Waals surface area contributed by atoms with Crippen molar-refractivity contribution in [2.45, 2.75) is 26.3 Å². The topological polar surface area (TPSA) is 51.0 Å². The largest absolute Gasteiger partial charge is 0.408 e. The second-order valence-electron chi connectivity index (χ2n) is 4.08. The number of halogens is 1. The molecule has 1 aromatic heterocycles. The van der Waals surface area contributed by atoms with Crippen LogP contribution in [0.3, 0.4) is 0 Å². The lowest BCUT2D eigenvalue weighted by molar-refractivity contribution is 0.480. The van der Waals surface area contributed by atoms with Crippen LogP contribution in [0.1, 0.15) is 31.2 Å². The Balaban J connectivity index is 1.95. The number of hydrogen-bond donors (Lipinski definition) is 1. The molecule has 1 aromatic carbocycles. The van der Waals surface area contributed by atoms with E-state index in [0.717, 1.165) is 5.56 Å². The molecule has 0 saturated carbocycles. The van der Waals surface area contributed by atoms with Gasteiger partial charge in [-0.2, -0.15) is 0 Å². The summed E-state index contributed by atoms with van der Waals surface area (Å²) in [6, 6.07) is 6.65. The predicted molar refractivity (Wildman–Crippen MR) is 62.1 cm³/mol. The van der Waals surface area contributed by atoms with Crippen LogP contribution < -0.4 is 5.32 Å². The van der Waals surface area contributed by atoms with E-state index in [4.69, 9.17) is 4.42 Å². The summed E-state index contributed by atoms with van der Waals surface area (Å²) >= 11 is 0. The lowest BCUT2D eigenvalue weighted by atomic mass is 10.2. The molecule has 90 valence electrons. The SMILES string of the molecule is CC(C)c1nnc(NCc2ccc(F)cc2)o1. The van der Waals surface area contributed by atoms with Crippen LogP contribution in [0.25, 0.3) is 0 Å². The normalized spacial score (nSPS) is 10.8. The van der Waals surface area contributed by atoms with Crippen molar-refractivity contribution >= 4 is 6.01 Å². The zero-order valence-electron chi connectivity index (χ0n) is 9.77. The van der Waals surface area contributed by atoms with Crippen LogP contribution in [0.4, 0.5) is 10.4 Å². The minimum absolute atomic E-state index is 0.212. The van der Waals surface area contributed by atoms with Gasteiger partial charge >= 0.3 is 6.01 Å². The second-order valence-corrected chi connectivity index (χ2v) is 4.08. The van der Waals surface area contributed by atoms with Crippen molar-refractivity contribution in [1.29, 1.82) is 0 Å². The average Bonchev–Trinajstić information content (AvgIpc) is 2.77. The monoisotopic (exact) mass is 235 g/mol. The number of benzene rings is 1. The van der Waals surface area contributed by atoms with Gasteiger partial charge in [0.2, 0.25) is 5.89 Å². The van der Waals surface area contributed by atoms with Crippen molar-refractivity contribution in [3.05, 3.63) is 41.5 Å². The van der Waals surface area contributed by atoms with Crippen LogP contribution in [0.15, 0.2) is 28.7 Å². The van der Waals surface area contributed by atoms with Gasteiger partial charge in [0.05, 0.1) is 0 Å². The Bertz CT molecular complexity index is 479. The van der Waals surface area contributed by atoms with Gasteiger partial charge in [0.15, 0.2) is 0 Å². The van der Waals surface area contributed by atoms with Crippen molar-refractivity contribution in [1.82, 2.24) is 10.2 Å². The average molecular weight is 235 g/mol. The molecule has 0 fully saturated rings. The van der Waals surface area contributed by atoms with Crippen LogP contribution in [0.2, 0.25) is 0 Å². The number of anilines is 1. The molecule has 0 aliphatic heterocycles. The highest BCUT2D eigenvalue weighted by atomic mass is 19.1. The molecule has 0 radical (unpaired) electrons. The molecule has 0 atom stereocenters. The summed E-state index contributed by atoms with van der Waals surface area (Å²) < 4.78 is 18.1. The van der Waals surface area contributed by atoms with Gasteiger partial charge in [0, 0.05) is 12.5 Å². The van der Waals surface area contributed by atoms with Crippen LogP contribution in [-0.4, -0.2) is 10.2 Å². The van der Waals surface area contributed by atoms with E-state index in [-0.39, 0.29) is 11.7 Å². The fourth-order valence-corrected chi connectivity index (χ4v) is 1.32. The minimum Gasteiger partial charge on any atom is -0.408 e. The summed E-state index contributed by atoms with van der Waals surface area (Å²) in [6.07, 6.45) is 0. The van der Waals surface area contributed by atoms with Crippen molar-refractivity contribution < 1.29 is 8.81 Å². The molecule has 5 heteroatoms. The van der Waals surface area contributed by atoms with Gasteiger partial charge in [0.1, 0.15) is 5.82 Å². The van der Waals surface area contributed by atoms with E-state index in [1.165, 1.54) is 12.1 Å². The fraction of sp³-hybridized carbons (Fsp3) is 0.333. The molecule has 0 aliphatic carbocycles. The smallest absolute Gasteiger partial charge is 0.315 e. The first-order valence-electron chi connectivity index (χ1n) is 5.47. The number of nitrogens with zero attached hydrogens (tertiary/aromatic N) is 2. The maximum Gasteiger partial charge on any atom is 0.315 e. The molecular weight excluding hydrogens is 221 g/mol. The highest BCUT2D eigenvalue weighted by Crippen LogP contribution is 2.15. The Kier molecular flexibility index (Phi) is 3.37. The maximum atomic E-state index is 12.7. The zero-order valence-corrected chi connectivity index (χ0v) is 9.77. The van der Waals surface area contributed by atoms with E-state index in [9.17, 15) is 4.39 Å². The van der Waals surface area contributed by atoms with E-state index in [1.807, 2.05) is 13.8 Å². The van der Waals surface area contributed by atoms with E-state index in [2.05, 4.69) is 15.5 Å². The molecule has 0 unspecified atom stereocenters. The summed E-state index contributed by atoms with van der Waals surface area (Å²) in [6.45, 7) is 4.49. The van der Waals surface area contributed by atoms with Gasteiger partial charge in [0.25, 0.3) is 0 Å². The molecular formula is C12H14FN3O. The Hall–Kier alpha value is -1.91. The fourth-order valence-electron chi connectivity index (χ4n) is 1.32. The molecule has 0 bridgehead atoms. The number of aromatic nitrogens is 2. The van der Waals surface area contributed by atoms with Crippen LogP contribution in [-0.2, 0) is 6.54 Å². The van der Waals surface area contributed by atoms with Crippen molar-refractivity contribution in [3.63, 3.8) is 0 Å². The Morgan fingerprint density at radius 1 is 1.24 bits per heavy atom. The molecule has 0 aliphatic rings. The van der Waals surface area contributed by atoms with Crippen LogP contribution in [0.5, 0.6) is 0 Å². The molecule has 4 nitrogen and oxygen atoms in total. The second kappa shape index (κ2) is 4.95.